The summed E-state index contributed by atoms with van der Waals surface area (Å²) in [5, 5.41) is 0. The van der Waals surface area contributed by atoms with E-state index in [1.54, 1.807) is 0 Å². The minimum absolute atomic E-state index is 0.0877. The molecule has 0 saturated heterocycles. The first-order valence-electron chi connectivity index (χ1n) is 26.1. The van der Waals surface area contributed by atoms with Crippen LogP contribution in [0.1, 0.15) is 239 Å². The molecule has 6 nitrogen and oxygen atoms in total. The van der Waals surface area contributed by atoms with Crippen LogP contribution in [0, 0.1) is 0 Å². The fourth-order valence-corrected chi connectivity index (χ4v) is 6.95. The van der Waals surface area contributed by atoms with E-state index in [2.05, 4.69) is 106 Å². The molecule has 0 bridgehead atoms. The van der Waals surface area contributed by atoms with E-state index in [-0.39, 0.29) is 31.1 Å². The molecule has 0 aliphatic heterocycles. The van der Waals surface area contributed by atoms with Crippen molar-refractivity contribution in [2.24, 2.45) is 0 Å². The Morgan fingerprint density at radius 1 is 0.333 bits per heavy atom. The summed E-state index contributed by atoms with van der Waals surface area (Å²) in [6.07, 6.45) is 65.6. The van der Waals surface area contributed by atoms with Gasteiger partial charge < -0.3 is 14.2 Å². The first kappa shape index (κ1) is 59.6. The van der Waals surface area contributed by atoms with Crippen molar-refractivity contribution in [1.29, 1.82) is 0 Å². The molecular weight excluding hydrogens is 781 g/mol. The van der Waals surface area contributed by atoms with Crippen molar-refractivity contribution in [3.63, 3.8) is 0 Å². The maximum atomic E-state index is 12.8. The molecule has 0 N–H and O–H groups in total. The zero-order valence-electron chi connectivity index (χ0n) is 41.1. The predicted molar refractivity (Wildman–Crippen MR) is 270 cm³/mol. The van der Waals surface area contributed by atoms with Crippen LogP contribution in [-0.4, -0.2) is 37.2 Å². The Bertz CT molecular complexity index is 1240. The molecule has 0 aliphatic rings. The highest BCUT2D eigenvalue weighted by Gasteiger charge is 2.19. The van der Waals surface area contributed by atoms with Crippen LogP contribution in [0.5, 0.6) is 0 Å². The van der Waals surface area contributed by atoms with Crippen LogP contribution in [0.3, 0.4) is 0 Å². The number of unbranched alkanes of at least 4 members (excludes halogenated alkanes) is 21. The molecule has 0 spiro atoms. The van der Waals surface area contributed by atoms with E-state index in [9.17, 15) is 14.4 Å². The van der Waals surface area contributed by atoms with E-state index in [4.69, 9.17) is 14.2 Å². The number of ether oxygens (including phenoxy) is 3. The fourth-order valence-electron chi connectivity index (χ4n) is 6.95. The molecule has 63 heavy (non-hydrogen) atoms. The van der Waals surface area contributed by atoms with Crippen molar-refractivity contribution >= 4 is 17.9 Å². The first-order chi connectivity index (χ1) is 31.0. The molecule has 0 heterocycles. The van der Waals surface area contributed by atoms with Gasteiger partial charge in [0.25, 0.3) is 0 Å². The number of carbonyl (C=O) groups excluding carboxylic acids is 3. The Labute approximate surface area is 388 Å². The molecule has 0 rings (SSSR count). The molecule has 0 aromatic rings. The van der Waals surface area contributed by atoms with Gasteiger partial charge in [0, 0.05) is 19.3 Å². The van der Waals surface area contributed by atoms with E-state index in [0.717, 1.165) is 135 Å². The second-order valence-electron chi connectivity index (χ2n) is 17.1. The molecule has 0 amide bonds. The molecule has 1 atom stereocenters. The lowest BCUT2D eigenvalue weighted by Gasteiger charge is -2.18. The van der Waals surface area contributed by atoms with Crippen LogP contribution in [0.25, 0.3) is 0 Å². The van der Waals surface area contributed by atoms with Gasteiger partial charge in [0.05, 0.1) is 0 Å². The third-order valence-corrected chi connectivity index (χ3v) is 10.9. The van der Waals surface area contributed by atoms with Crippen LogP contribution in [0.4, 0.5) is 0 Å². The molecule has 0 aromatic carbocycles. The second-order valence-corrected chi connectivity index (χ2v) is 17.1. The van der Waals surface area contributed by atoms with E-state index in [1.807, 2.05) is 0 Å². The van der Waals surface area contributed by atoms with Crippen molar-refractivity contribution < 1.29 is 28.6 Å². The van der Waals surface area contributed by atoms with Crippen molar-refractivity contribution in [2.75, 3.05) is 13.2 Å². The van der Waals surface area contributed by atoms with Crippen molar-refractivity contribution in [3.8, 4) is 0 Å². The Balaban J connectivity index is 4.38. The molecule has 0 saturated carbocycles. The summed E-state index contributed by atoms with van der Waals surface area (Å²) in [6, 6.07) is 0. The van der Waals surface area contributed by atoms with Gasteiger partial charge in [-0.25, -0.2) is 0 Å². The topological polar surface area (TPSA) is 78.9 Å². The van der Waals surface area contributed by atoms with Gasteiger partial charge in [-0.15, -0.1) is 0 Å². The standard InChI is InChI=1S/C57H96O6/c1-4-7-10-13-16-19-22-24-26-27-28-29-30-31-32-34-35-38-41-44-47-50-56(59)62-53-54(52-61-55(58)49-46-43-40-37-21-18-15-12-9-6-3)63-57(60)51-48-45-42-39-36-33-25-23-20-17-14-11-8-5-2/h7,10,14,16-17,19,23-26,28-29,31-32,54H,4-6,8-9,11-13,15,18,20-22,27,30,33-53H2,1-3H3/b10-7-,17-14-,19-16-,25-23-,26-24-,29-28-,32-31-. The summed E-state index contributed by atoms with van der Waals surface area (Å²) < 4.78 is 16.8. The molecular formula is C57H96O6. The van der Waals surface area contributed by atoms with Gasteiger partial charge in [-0.3, -0.25) is 14.4 Å². The zero-order valence-corrected chi connectivity index (χ0v) is 41.1. The predicted octanol–water partition coefficient (Wildman–Crippen LogP) is 17.2. The van der Waals surface area contributed by atoms with Crippen LogP contribution in [-0.2, 0) is 28.6 Å². The van der Waals surface area contributed by atoms with Crippen molar-refractivity contribution in [2.45, 2.75) is 245 Å². The summed E-state index contributed by atoms with van der Waals surface area (Å²) in [4.78, 5) is 37.9. The Kier molecular flexibility index (Phi) is 48.5. The lowest BCUT2D eigenvalue weighted by atomic mass is 10.1. The molecule has 1 unspecified atom stereocenters. The SMILES string of the molecule is CC/C=C\C/C=C\C/C=C\C/C=C\C/C=C\CCCCCCCC(=O)OCC(COC(=O)CCCCCCCCCCCC)OC(=O)CCCCCCC/C=C\C/C=C\CCCC. The summed E-state index contributed by atoms with van der Waals surface area (Å²) in [5.41, 5.74) is 0. The molecule has 6 heteroatoms. The lowest BCUT2D eigenvalue weighted by molar-refractivity contribution is -0.167. The lowest BCUT2D eigenvalue weighted by Crippen LogP contribution is -2.30. The Morgan fingerprint density at radius 2 is 0.635 bits per heavy atom. The molecule has 0 fully saturated rings. The van der Waals surface area contributed by atoms with Gasteiger partial charge in [-0.2, -0.15) is 0 Å². The summed E-state index contributed by atoms with van der Waals surface area (Å²) >= 11 is 0. The monoisotopic (exact) mass is 877 g/mol. The average Bonchev–Trinajstić information content (AvgIpc) is 3.28. The van der Waals surface area contributed by atoms with Gasteiger partial charge in [-0.1, -0.05) is 215 Å². The van der Waals surface area contributed by atoms with Gasteiger partial charge >= 0.3 is 17.9 Å². The second kappa shape index (κ2) is 51.2. The largest absolute Gasteiger partial charge is 0.462 e. The summed E-state index contributed by atoms with van der Waals surface area (Å²) in [7, 11) is 0. The fraction of sp³-hybridized carbons (Fsp3) is 0.702. The number of allylic oxidation sites excluding steroid dienone is 14. The Hall–Kier alpha value is -3.41. The van der Waals surface area contributed by atoms with E-state index < -0.39 is 6.10 Å². The molecule has 0 aromatic heterocycles. The smallest absolute Gasteiger partial charge is 0.306 e. The van der Waals surface area contributed by atoms with Crippen LogP contribution < -0.4 is 0 Å². The number of rotatable bonds is 46. The minimum atomic E-state index is -0.789. The molecule has 0 aliphatic carbocycles. The maximum Gasteiger partial charge on any atom is 0.306 e. The maximum absolute atomic E-state index is 12.8. The first-order valence-corrected chi connectivity index (χ1v) is 26.1. The summed E-state index contributed by atoms with van der Waals surface area (Å²) in [5.74, 6) is -0.923. The van der Waals surface area contributed by atoms with Crippen LogP contribution in [0.2, 0.25) is 0 Å². The van der Waals surface area contributed by atoms with Gasteiger partial charge in [0.2, 0.25) is 0 Å². The van der Waals surface area contributed by atoms with E-state index in [0.29, 0.717) is 19.3 Å². The minimum Gasteiger partial charge on any atom is -0.462 e. The van der Waals surface area contributed by atoms with E-state index in [1.165, 1.54) is 64.2 Å². The van der Waals surface area contributed by atoms with Gasteiger partial charge in [0.1, 0.15) is 13.2 Å². The van der Waals surface area contributed by atoms with Crippen molar-refractivity contribution in [1.82, 2.24) is 0 Å². The van der Waals surface area contributed by atoms with Gasteiger partial charge in [-0.05, 0) is 89.9 Å². The molecule has 0 radical (unpaired) electrons. The molecule has 360 valence electrons. The van der Waals surface area contributed by atoms with Crippen molar-refractivity contribution in [3.05, 3.63) is 85.1 Å². The summed E-state index contributed by atoms with van der Waals surface area (Å²) in [6.45, 7) is 6.44. The third-order valence-electron chi connectivity index (χ3n) is 10.9. The number of hydrogen-bond donors (Lipinski definition) is 0. The zero-order chi connectivity index (χ0) is 45.8. The third kappa shape index (κ3) is 49.5. The van der Waals surface area contributed by atoms with Crippen LogP contribution in [0.15, 0.2) is 85.1 Å². The number of carbonyl (C=O) groups is 3. The van der Waals surface area contributed by atoms with Gasteiger partial charge in [0.15, 0.2) is 6.10 Å². The quantitative estimate of drug-likeness (QED) is 0.0262. The highest BCUT2D eigenvalue weighted by molar-refractivity contribution is 5.71. The highest BCUT2D eigenvalue weighted by atomic mass is 16.6. The highest BCUT2D eigenvalue weighted by Crippen LogP contribution is 2.14. The van der Waals surface area contributed by atoms with E-state index >= 15 is 0 Å². The number of hydrogen-bond acceptors (Lipinski definition) is 6. The average molecular weight is 877 g/mol. The van der Waals surface area contributed by atoms with Crippen LogP contribution >= 0.6 is 0 Å². The Morgan fingerprint density at radius 3 is 1.02 bits per heavy atom. The normalized spacial score (nSPS) is 12.7. The number of esters is 3.